The summed E-state index contributed by atoms with van der Waals surface area (Å²) in [7, 11) is 0. The number of hydrogen-bond donors (Lipinski definition) is 1. The van der Waals surface area contributed by atoms with Crippen molar-refractivity contribution in [2.45, 2.75) is 31.8 Å². The third-order valence-corrected chi connectivity index (χ3v) is 6.18. The van der Waals surface area contributed by atoms with E-state index in [4.69, 9.17) is 0 Å². The van der Waals surface area contributed by atoms with Crippen molar-refractivity contribution in [1.82, 2.24) is 14.7 Å². The van der Waals surface area contributed by atoms with Crippen LogP contribution in [0.3, 0.4) is 0 Å². The number of fused-ring (bicyclic) bond motifs is 1. The SMILES string of the molecule is C[C@H]1C[C@H](C)CN(C(=O)C(=O)Nc2c3c(nn2-c2ccc(F)cc2)CSC3)C1. The van der Waals surface area contributed by atoms with Crippen LogP contribution in [0.5, 0.6) is 0 Å². The molecular weight excluding hydrogens is 379 g/mol. The second-order valence-corrected chi connectivity index (χ2v) is 8.75. The van der Waals surface area contributed by atoms with Gasteiger partial charge < -0.3 is 10.2 Å². The number of piperidine rings is 1. The topological polar surface area (TPSA) is 67.2 Å². The van der Waals surface area contributed by atoms with E-state index in [0.29, 0.717) is 36.4 Å². The lowest BCUT2D eigenvalue weighted by Gasteiger charge is -2.34. The quantitative estimate of drug-likeness (QED) is 0.784. The maximum atomic E-state index is 13.3. The van der Waals surface area contributed by atoms with Crippen molar-refractivity contribution in [3.8, 4) is 5.69 Å². The first-order chi connectivity index (χ1) is 13.4. The van der Waals surface area contributed by atoms with Gasteiger partial charge in [0, 0.05) is 30.2 Å². The van der Waals surface area contributed by atoms with Crippen molar-refractivity contribution in [2.24, 2.45) is 11.8 Å². The van der Waals surface area contributed by atoms with E-state index in [-0.39, 0.29) is 5.82 Å². The van der Waals surface area contributed by atoms with Crippen molar-refractivity contribution in [1.29, 1.82) is 0 Å². The average Bonchev–Trinajstić information content (AvgIpc) is 3.23. The molecule has 2 atom stereocenters. The lowest BCUT2D eigenvalue weighted by molar-refractivity contribution is -0.145. The molecule has 1 aromatic carbocycles. The summed E-state index contributed by atoms with van der Waals surface area (Å²) in [6.45, 7) is 5.40. The van der Waals surface area contributed by atoms with Crippen LogP contribution in [0.4, 0.5) is 10.2 Å². The third-order valence-electron chi connectivity index (χ3n) is 5.21. The number of hydrogen-bond acceptors (Lipinski definition) is 4. The monoisotopic (exact) mass is 402 g/mol. The number of anilines is 1. The highest BCUT2D eigenvalue weighted by Crippen LogP contribution is 2.36. The molecule has 8 heteroatoms. The summed E-state index contributed by atoms with van der Waals surface area (Å²) >= 11 is 1.71. The van der Waals surface area contributed by atoms with Gasteiger partial charge in [-0.15, -0.1) is 0 Å². The predicted octanol–water partition coefficient (Wildman–Crippen LogP) is 3.20. The van der Waals surface area contributed by atoms with Gasteiger partial charge in [-0.1, -0.05) is 13.8 Å². The van der Waals surface area contributed by atoms with Gasteiger partial charge in [0.1, 0.15) is 11.6 Å². The van der Waals surface area contributed by atoms with E-state index in [0.717, 1.165) is 29.2 Å². The van der Waals surface area contributed by atoms with Crippen LogP contribution in [0, 0.1) is 17.7 Å². The molecule has 0 spiro atoms. The molecule has 2 amide bonds. The minimum absolute atomic E-state index is 0.340. The van der Waals surface area contributed by atoms with Gasteiger partial charge >= 0.3 is 11.8 Å². The van der Waals surface area contributed by atoms with Gasteiger partial charge in [-0.2, -0.15) is 16.9 Å². The highest BCUT2D eigenvalue weighted by molar-refractivity contribution is 7.98. The van der Waals surface area contributed by atoms with E-state index in [1.165, 1.54) is 12.1 Å². The lowest BCUT2D eigenvalue weighted by Crippen LogP contribution is -2.47. The Balaban J connectivity index is 1.59. The first kappa shape index (κ1) is 19.0. The van der Waals surface area contributed by atoms with Crippen LogP contribution in [-0.4, -0.2) is 39.6 Å². The number of likely N-dealkylation sites (tertiary alicyclic amines) is 1. The number of nitrogens with one attached hydrogen (secondary N) is 1. The smallest absolute Gasteiger partial charge is 0.315 e. The number of amides is 2. The molecule has 0 bridgehead atoms. The van der Waals surface area contributed by atoms with Gasteiger partial charge in [-0.3, -0.25) is 9.59 Å². The maximum Gasteiger partial charge on any atom is 0.315 e. The van der Waals surface area contributed by atoms with Gasteiger partial charge in [-0.25, -0.2) is 9.07 Å². The summed E-state index contributed by atoms with van der Waals surface area (Å²) in [4.78, 5) is 27.1. The molecule has 6 nitrogen and oxygen atoms in total. The number of carbonyl (C=O) groups is 2. The Morgan fingerprint density at radius 1 is 1.14 bits per heavy atom. The van der Waals surface area contributed by atoms with Crippen molar-refractivity contribution in [3.05, 3.63) is 41.3 Å². The zero-order valence-corrected chi connectivity index (χ0v) is 16.8. The lowest BCUT2D eigenvalue weighted by atomic mass is 9.92. The standard InChI is InChI=1S/C20H23FN4O2S/c1-12-7-13(2)9-24(8-12)20(27)19(26)22-18-16-10-28-11-17(16)23-25(18)15-5-3-14(21)4-6-15/h3-6,12-13H,7-11H2,1-2H3,(H,22,26)/t12-,13-/m0/s1. The number of carbonyl (C=O) groups excluding carboxylic acids is 2. The van der Waals surface area contributed by atoms with Gasteiger partial charge in [0.25, 0.3) is 0 Å². The molecule has 1 saturated heterocycles. The number of benzene rings is 1. The summed E-state index contributed by atoms with van der Waals surface area (Å²) in [5.41, 5.74) is 2.46. The molecule has 1 fully saturated rings. The largest absolute Gasteiger partial charge is 0.334 e. The minimum atomic E-state index is -0.649. The molecule has 0 unspecified atom stereocenters. The predicted molar refractivity (Wildman–Crippen MR) is 107 cm³/mol. The van der Waals surface area contributed by atoms with Crippen LogP contribution >= 0.6 is 11.8 Å². The van der Waals surface area contributed by atoms with Crippen LogP contribution in [-0.2, 0) is 21.1 Å². The van der Waals surface area contributed by atoms with E-state index in [1.807, 2.05) is 0 Å². The van der Waals surface area contributed by atoms with Gasteiger partial charge in [-0.05, 0) is 42.5 Å². The van der Waals surface area contributed by atoms with Crippen LogP contribution < -0.4 is 5.32 Å². The molecule has 0 saturated carbocycles. The van der Waals surface area contributed by atoms with E-state index in [1.54, 1.807) is 33.5 Å². The van der Waals surface area contributed by atoms with Crippen LogP contribution in [0.15, 0.2) is 24.3 Å². The number of rotatable bonds is 2. The molecule has 2 aliphatic heterocycles. The third kappa shape index (κ3) is 3.65. The Morgan fingerprint density at radius 2 is 1.82 bits per heavy atom. The van der Waals surface area contributed by atoms with Crippen molar-refractivity contribution in [2.75, 3.05) is 18.4 Å². The Kier molecular flexibility index (Phi) is 5.14. The molecule has 28 heavy (non-hydrogen) atoms. The Bertz CT molecular complexity index is 902. The molecule has 1 N–H and O–H groups in total. The van der Waals surface area contributed by atoms with Crippen molar-refractivity contribution in [3.63, 3.8) is 0 Å². The molecule has 1 aromatic heterocycles. The molecule has 4 rings (SSSR count). The molecule has 2 aromatic rings. The molecule has 3 heterocycles. The Hall–Kier alpha value is -2.35. The zero-order chi connectivity index (χ0) is 19.8. The zero-order valence-electron chi connectivity index (χ0n) is 15.9. The molecule has 0 radical (unpaired) electrons. The fourth-order valence-electron chi connectivity index (χ4n) is 4.04. The fourth-order valence-corrected chi connectivity index (χ4v) is 5.08. The number of nitrogens with zero attached hydrogens (tertiary/aromatic N) is 3. The van der Waals surface area contributed by atoms with Crippen LogP contribution in [0.25, 0.3) is 5.69 Å². The summed E-state index contributed by atoms with van der Waals surface area (Å²) in [6.07, 6.45) is 1.06. The highest BCUT2D eigenvalue weighted by Gasteiger charge is 2.31. The van der Waals surface area contributed by atoms with Gasteiger partial charge in [0.2, 0.25) is 0 Å². The number of aromatic nitrogens is 2. The van der Waals surface area contributed by atoms with Crippen LogP contribution in [0.1, 0.15) is 31.5 Å². The highest BCUT2D eigenvalue weighted by atomic mass is 32.2. The summed E-state index contributed by atoms with van der Waals surface area (Å²) in [6, 6.07) is 5.92. The first-order valence-corrected chi connectivity index (χ1v) is 10.6. The van der Waals surface area contributed by atoms with E-state index < -0.39 is 11.8 Å². The van der Waals surface area contributed by atoms with Gasteiger partial charge in [0.15, 0.2) is 0 Å². The van der Waals surface area contributed by atoms with Gasteiger partial charge in [0.05, 0.1) is 11.4 Å². The summed E-state index contributed by atoms with van der Waals surface area (Å²) in [5.74, 6) is 1.24. The Labute approximate surface area is 167 Å². The minimum Gasteiger partial charge on any atom is -0.334 e. The second-order valence-electron chi connectivity index (χ2n) is 7.77. The fraction of sp³-hybridized carbons (Fsp3) is 0.450. The number of halogens is 1. The normalized spacial score (nSPS) is 21.5. The molecular formula is C20H23FN4O2S. The van der Waals surface area contributed by atoms with E-state index in [9.17, 15) is 14.0 Å². The maximum absolute atomic E-state index is 13.3. The molecule has 0 aliphatic carbocycles. The second kappa shape index (κ2) is 7.58. The van der Waals surface area contributed by atoms with E-state index in [2.05, 4.69) is 24.3 Å². The summed E-state index contributed by atoms with van der Waals surface area (Å²) in [5, 5.41) is 7.37. The van der Waals surface area contributed by atoms with E-state index >= 15 is 0 Å². The number of thioether (sulfide) groups is 1. The summed E-state index contributed by atoms with van der Waals surface area (Å²) < 4.78 is 14.9. The molecule has 148 valence electrons. The molecule has 2 aliphatic rings. The first-order valence-electron chi connectivity index (χ1n) is 9.47. The van der Waals surface area contributed by atoms with Crippen molar-refractivity contribution >= 4 is 29.4 Å². The average molecular weight is 402 g/mol. The van der Waals surface area contributed by atoms with Crippen molar-refractivity contribution < 1.29 is 14.0 Å². The Morgan fingerprint density at radius 3 is 2.50 bits per heavy atom. The van der Waals surface area contributed by atoms with Crippen LogP contribution in [0.2, 0.25) is 0 Å².